The minimum atomic E-state index is -0.599. The fraction of sp³-hybridized carbons (Fsp3) is 0.278. The van der Waals surface area contributed by atoms with Crippen molar-refractivity contribution in [3.05, 3.63) is 59.8 Å². The Morgan fingerprint density at radius 2 is 1.91 bits per heavy atom. The van der Waals surface area contributed by atoms with Crippen LogP contribution in [0.1, 0.15) is 31.9 Å². The zero-order chi connectivity index (χ0) is 16.9. The Morgan fingerprint density at radius 1 is 1.22 bits per heavy atom. The normalized spacial score (nSPS) is 10.7. The number of carbonyl (C=O) groups is 1. The van der Waals surface area contributed by atoms with Gasteiger partial charge in [0.05, 0.1) is 12.1 Å². The fourth-order valence-corrected chi connectivity index (χ4v) is 1.93. The van der Waals surface area contributed by atoms with Crippen molar-refractivity contribution in [3.8, 4) is 6.07 Å². The molecule has 0 atom stereocenters. The highest BCUT2D eigenvalue weighted by Crippen LogP contribution is 2.19. The van der Waals surface area contributed by atoms with Gasteiger partial charge < -0.3 is 4.74 Å². The molecule has 2 rings (SSSR count). The lowest BCUT2D eigenvalue weighted by Crippen LogP contribution is -2.37. The average Bonchev–Trinajstić information content (AvgIpc) is 2.52. The summed E-state index contributed by atoms with van der Waals surface area (Å²) in [6.45, 7) is 5.79. The summed E-state index contributed by atoms with van der Waals surface area (Å²) in [4.78, 5) is 18.2. The summed E-state index contributed by atoms with van der Waals surface area (Å²) in [6.07, 6.45) is 0.969. The van der Waals surface area contributed by atoms with Crippen molar-refractivity contribution in [2.24, 2.45) is 0 Å². The predicted molar refractivity (Wildman–Crippen MR) is 87.8 cm³/mol. The molecule has 0 saturated heterocycles. The Balaban J connectivity index is 2.30. The first kappa shape index (κ1) is 16.5. The van der Waals surface area contributed by atoms with Crippen LogP contribution in [-0.4, -0.2) is 16.7 Å². The van der Waals surface area contributed by atoms with Gasteiger partial charge in [0, 0.05) is 6.20 Å². The average molecular weight is 309 g/mol. The molecule has 118 valence electrons. The van der Waals surface area contributed by atoms with Crippen LogP contribution in [0, 0.1) is 11.3 Å². The highest BCUT2D eigenvalue weighted by atomic mass is 16.6. The molecule has 0 N–H and O–H groups in total. The van der Waals surface area contributed by atoms with Gasteiger partial charge in [-0.2, -0.15) is 5.26 Å². The van der Waals surface area contributed by atoms with E-state index in [1.807, 2.05) is 57.2 Å². The molecule has 0 aliphatic heterocycles. The van der Waals surface area contributed by atoms with Crippen LogP contribution in [0.2, 0.25) is 0 Å². The van der Waals surface area contributed by atoms with Gasteiger partial charge >= 0.3 is 6.09 Å². The van der Waals surface area contributed by atoms with Crippen molar-refractivity contribution in [3.63, 3.8) is 0 Å². The van der Waals surface area contributed by atoms with Crippen LogP contribution in [0.25, 0.3) is 0 Å². The number of anilines is 1. The second-order valence-corrected chi connectivity index (χ2v) is 6.07. The third-order valence-corrected chi connectivity index (χ3v) is 2.95. The SMILES string of the molecule is CC(C)(C)OC(=O)N(Cc1ccccc1)c1ccc(C#N)cn1. The van der Waals surface area contributed by atoms with Crippen LogP contribution in [0.15, 0.2) is 48.7 Å². The van der Waals surface area contributed by atoms with E-state index in [1.54, 1.807) is 12.1 Å². The van der Waals surface area contributed by atoms with Gasteiger partial charge in [0.1, 0.15) is 17.5 Å². The summed E-state index contributed by atoms with van der Waals surface area (Å²) >= 11 is 0. The van der Waals surface area contributed by atoms with E-state index in [9.17, 15) is 4.79 Å². The van der Waals surface area contributed by atoms with Gasteiger partial charge in [0.2, 0.25) is 0 Å². The van der Waals surface area contributed by atoms with Crippen LogP contribution in [0.3, 0.4) is 0 Å². The quantitative estimate of drug-likeness (QED) is 0.862. The molecule has 1 heterocycles. The number of ether oxygens (including phenoxy) is 1. The van der Waals surface area contributed by atoms with Crippen molar-refractivity contribution in [2.75, 3.05) is 4.90 Å². The van der Waals surface area contributed by atoms with Crippen molar-refractivity contribution >= 4 is 11.9 Å². The summed E-state index contributed by atoms with van der Waals surface area (Å²) < 4.78 is 5.47. The predicted octanol–water partition coefficient (Wildman–Crippen LogP) is 3.89. The largest absolute Gasteiger partial charge is 0.443 e. The molecule has 23 heavy (non-hydrogen) atoms. The van der Waals surface area contributed by atoms with Crippen LogP contribution < -0.4 is 4.90 Å². The number of rotatable bonds is 3. The van der Waals surface area contributed by atoms with Gasteiger partial charge in [-0.25, -0.2) is 9.78 Å². The first-order valence-electron chi connectivity index (χ1n) is 7.29. The van der Waals surface area contributed by atoms with Gasteiger partial charge in [0.15, 0.2) is 0 Å². The van der Waals surface area contributed by atoms with Crippen molar-refractivity contribution in [1.82, 2.24) is 4.98 Å². The van der Waals surface area contributed by atoms with Crippen LogP contribution in [0.4, 0.5) is 10.6 Å². The van der Waals surface area contributed by atoms with Gasteiger partial charge in [-0.3, -0.25) is 4.90 Å². The number of hydrogen-bond donors (Lipinski definition) is 0. The van der Waals surface area contributed by atoms with E-state index >= 15 is 0 Å². The smallest absolute Gasteiger partial charge is 0.416 e. The lowest BCUT2D eigenvalue weighted by Gasteiger charge is -2.26. The van der Waals surface area contributed by atoms with Crippen molar-refractivity contribution < 1.29 is 9.53 Å². The Hall–Kier alpha value is -2.87. The number of pyridine rings is 1. The molecule has 2 aromatic rings. The molecule has 0 bridgehead atoms. The van der Waals surface area contributed by atoms with Gasteiger partial charge in [-0.05, 0) is 38.5 Å². The standard InChI is InChI=1S/C18H19N3O2/c1-18(2,3)23-17(22)21(13-14-7-5-4-6-8-14)16-10-9-15(11-19)12-20-16/h4-10,12H,13H2,1-3H3. The lowest BCUT2D eigenvalue weighted by atomic mass is 10.2. The zero-order valence-corrected chi connectivity index (χ0v) is 13.5. The summed E-state index contributed by atoms with van der Waals surface area (Å²) in [6, 6.07) is 14.9. The molecular formula is C18H19N3O2. The first-order valence-corrected chi connectivity index (χ1v) is 7.29. The van der Waals surface area contributed by atoms with E-state index in [0.717, 1.165) is 5.56 Å². The number of carbonyl (C=O) groups excluding carboxylic acids is 1. The molecule has 0 aliphatic carbocycles. The van der Waals surface area contributed by atoms with Gasteiger partial charge in [-0.15, -0.1) is 0 Å². The van der Waals surface area contributed by atoms with E-state index in [4.69, 9.17) is 10.00 Å². The Kier molecular flexibility index (Phi) is 4.97. The minimum Gasteiger partial charge on any atom is -0.443 e. The summed E-state index contributed by atoms with van der Waals surface area (Å²) in [5.41, 5.74) is 0.806. The van der Waals surface area contributed by atoms with Gasteiger partial charge in [-0.1, -0.05) is 30.3 Å². The maximum absolute atomic E-state index is 12.5. The lowest BCUT2D eigenvalue weighted by molar-refractivity contribution is 0.0576. The third-order valence-electron chi connectivity index (χ3n) is 2.95. The number of hydrogen-bond acceptors (Lipinski definition) is 4. The van der Waals surface area contributed by atoms with E-state index in [1.165, 1.54) is 11.1 Å². The van der Waals surface area contributed by atoms with Crippen LogP contribution in [-0.2, 0) is 11.3 Å². The molecule has 1 amide bonds. The summed E-state index contributed by atoms with van der Waals surface area (Å²) in [5, 5.41) is 8.87. The molecule has 0 fully saturated rings. The van der Waals surface area contributed by atoms with Crippen molar-refractivity contribution in [1.29, 1.82) is 5.26 Å². The molecule has 0 spiro atoms. The van der Waals surface area contributed by atoms with Crippen molar-refractivity contribution in [2.45, 2.75) is 32.9 Å². The zero-order valence-electron chi connectivity index (χ0n) is 13.5. The first-order chi connectivity index (χ1) is 10.9. The van der Waals surface area contributed by atoms with Crippen LogP contribution in [0.5, 0.6) is 0 Å². The van der Waals surface area contributed by atoms with E-state index in [2.05, 4.69) is 4.98 Å². The Bertz CT molecular complexity index is 698. The molecule has 1 aromatic carbocycles. The highest BCUT2D eigenvalue weighted by molar-refractivity contribution is 5.86. The third kappa shape index (κ3) is 4.82. The van der Waals surface area contributed by atoms with Gasteiger partial charge in [0.25, 0.3) is 0 Å². The number of benzene rings is 1. The fourth-order valence-electron chi connectivity index (χ4n) is 1.93. The maximum atomic E-state index is 12.5. The topological polar surface area (TPSA) is 66.2 Å². The molecule has 0 radical (unpaired) electrons. The van der Waals surface area contributed by atoms with E-state index in [0.29, 0.717) is 17.9 Å². The van der Waals surface area contributed by atoms with Crippen LogP contribution >= 0.6 is 0 Å². The molecule has 0 saturated carbocycles. The maximum Gasteiger partial charge on any atom is 0.416 e. The summed E-state index contributed by atoms with van der Waals surface area (Å²) in [5.74, 6) is 0.446. The number of amides is 1. The Morgan fingerprint density at radius 3 is 2.43 bits per heavy atom. The number of nitrogens with zero attached hydrogens (tertiary/aromatic N) is 3. The van der Waals surface area contributed by atoms with E-state index in [-0.39, 0.29) is 0 Å². The monoisotopic (exact) mass is 309 g/mol. The van der Waals surface area contributed by atoms with E-state index < -0.39 is 11.7 Å². The molecule has 0 unspecified atom stereocenters. The Labute approximate surface area is 136 Å². The molecule has 5 heteroatoms. The second kappa shape index (κ2) is 6.93. The molecule has 0 aliphatic rings. The second-order valence-electron chi connectivity index (χ2n) is 6.07. The molecule has 5 nitrogen and oxygen atoms in total. The molecule has 1 aromatic heterocycles. The molecular weight excluding hydrogens is 290 g/mol. The number of aromatic nitrogens is 1. The summed E-state index contributed by atoms with van der Waals surface area (Å²) in [7, 11) is 0. The number of nitriles is 1. The minimum absolute atomic E-state index is 0.342. The highest BCUT2D eigenvalue weighted by Gasteiger charge is 2.24.